The van der Waals surface area contributed by atoms with E-state index in [-0.39, 0.29) is 23.4 Å². The number of carboxylic acids is 1. The van der Waals surface area contributed by atoms with Gasteiger partial charge in [-0.25, -0.2) is 0 Å². The maximum absolute atomic E-state index is 10.8. The molecule has 0 bridgehead atoms. The smallest absolute Gasteiger partial charge is 0.306 e. The lowest BCUT2D eigenvalue weighted by molar-refractivity contribution is -0.142. The van der Waals surface area contributed by atoms with Crippen LogP contribution in [0, 0.1) is 16.7 Å². The summed E-state index contributed by atoms with van der Waals surface area (Å²) in [5.74, 6) is -1.07. The van der Waals surface area contributed by atoms with E-state index in [2.05, 4.69) is 13.8 Å². The van der Waals surface area contributed by atoms with Crippen LogP contribution in [-0.2, 0) is 4.79 Å². The van der Waals surface area contributed by atoms with Gasteiger partial charge in [0.25, 0.3) is 0 Å². The van der Waals surface area contributed by atoms with Gasteiger partial charge in [-0.05, 0) is 23.7 Å². The summed E-state index contributed by atoms with van der Waals surface area (Å²) in [4.78, 5) is 10.8. The zero-order valence-corrected chi connectivity index (χ0v) is 10.5. The van der Waals surface area contributed by atoms with Crippen molar-refractivity contribution in [1.29, 1.82) is 0 Å². The summed E-state index contributed by atoms with van der Waals surface area (Å²) in [5, 5.41) is 18.0. The highest BCUT2D eigenvalue weighted by atomic mass is 16.4. The van der Waals surface area contributed by atoms with E-state index >= 15 is 0 Å². The minimum Gasteiger partial charge on any atom is -0.481 e. The van der Waals surface area contributed by atoms with Crippen LogP contribution in [0.25, 0.3) is 0 Å². The average Bonchev–Trinajstić information content (AvgIpc) is 2.01. The van der Waals surface area contributed by atoms with E-state index in [0.717, 1.165) is 6.42 Å². The van der Waals surface area contributed by atoms with Gasteiger partial charge in [-0.2, -0.15) is 0 Å². The standard InChI is InChI=1S/C12H24O3/c1-9(10(14)15)6-11(2,3)7-12(4,5)8-13/h9,13H,6-8H2,1-5H3,(H,14,15). The average molecular weight is 216 g/mol. The third kappa shape index (κ3) is 5.78. The SMILES string of the molecule is CC(CC(C)(C)CC(C)(C)CO)C(=O)O. The van der Waals surface area contributed by atoms with Gasteiger partial charge >= 0.3 is 5.97 Å². The first-order valence-electron chi connectivity index (χ1n) is 5.43. The molecule has 0 heterocycles. The van der Waals surface area contributed by atoms with Crippen LogP contribution < -0.4 is 0 Å². The molecule has 0 amide bonds. The molecule has 15 heavy (non-hydrogen) atoms. The number of rotatable bonds is 6. The molecule has 0 aromatic heterocycles. The van der Waals surface area contributed by atoms with Crippen LogP contribution in [0.2, 0.25) is 0 Å². The Hall–Kier alpha value is -0.570. The molecule has 0 aliphatic heterocycles. The molecule has 0 rings (SSSR count). The summed E-state index contributed by atoms with van der Waals surface area (Å²) < 4.78 is 0. The summed E-state index contributed by atoms with van der Waals surface area (Å²) >= 11 is 0. The Balaban J connectivity index is 4.36. The van der Waals surface area contributed by atoms with Gasteiger partial charge in [-0.3, -0.25) is 4.79 Å². The van der Waals surface area contributed by atoms with Crippen molar-refractivity contribution < 1.29 is 15.0 Å². The molecule has 2 N–H and O–H groups in total. The second kappa shape index (κ2) is 4.97. The van der Waals surface area contributed by atoms with E-state index in [1.54, 1.807) is 6.92 Å². The zero-order valence-electron chi connectivity index (χ0n) is 10.5. The van der Waals surface area contributed by atoms with Crippen molar-refractivity contribution in [2.45, 2.75) is 47.5 Å². The Morgan fingerprint density at radius 3 is 2.00 bits per heavy atom. The first kappa shape index (κ1) is 14.4. The Kier molecular flexibility index (Phi) is 4.78. The molecule has 90 valence electrons. The Labute approximate surface area is 92.5 Å². The summed E-state index contributed by atoms with van der Waals surface area (Å²) in [6.45, 7) is 9.99. The van der Waals surface area contributed by atoms with Crippen LogP contribution in [0.15, 0.2) is 0 Å². The Morgan fingerprint density at radius 1 is 1.20 bits per heavy atom. The summed E-state index contributed by atoms with van der Waals surface area (Å²) in [5.41, 5.74) is -0.189. The van der Waals surface area contributed by atoms with Crippen molar-refractivity contribution in [1.82, 2.24) is 0 Å². The van der Waals surface area contributed by atoms with Gasteiger partial charge in [-0.15, -0.1) is 0 Å². The molecule has 3 heteroatoms. The summed E-state index contributed by atoms with van der Waals surface area (Å²) in [7, 11) is 0. The van der Waals surface area contributed by atoms with Crippen molar-refractivity contribution in [3.63, 3.8) is 0 Å². The third-order valence-electron chi connectivity index (χ3n) is 2.67. The molecule has 0 fully saturated rings. The summed E-state index contributed by atoms with van der Waals surface area (Å²) in [6.07, 6.45) is 1.47. The van der Waals surface area contributed by atoms with E-state index in [1.165, 1.54) is 0 Å². The first-order chi connectivity index (χ1) is 6.59. The fraction of sp³-hybridized carbons (Fsp3) is 0.917. The second-order valence-electron chi connectivity index (χ2n) is 6.11. The lowest BCUT2D eigenvalue weighted by Gasteiger charge is -2.34. The number of aliphatic hydroxyl groups excluding tert-OH is 1. The highest BCUT2D eigenvalue weighted by Gasteiger charge is 2.31. The lowest BCUT2D eigenvalue weighted by atomic mass is 9.71. The molecular weight excluding hydrogens is 192 g/mol. The molecule has 0 radical (unpaired) electrons. The number of aliphatic hydroxyl groups is 1. The fourth-order valence-corrected chi connectivity index (χ4v) is 2.34. The van der Waals surface area contributed by atoms with Gasteiger partial charge in [0.1, 0.15) is 0 Å². The molecule has 0 aliphatic carbocycles. The molecule has 0 aliphatic rings. The van der Waals surface area contributed by atoms with E-state index in [4.69, 9.17) is 5.11 Å². The molecule has 0 saturated carbocycles. The van der Waals surface area contributed by atoms with Gasteiger partial charge in [0, 0.05) is 6.61 Å². The lowest BCUT2D eigenvalue weighted by Crippen LogP contribution is -2.29. The van der Waals surface area contributed by atoms with E-state index in [9.17, 15) is 9.90 Å². The number of carbonyl (C=O) groups is 1. The van der Waals surface area contributed by atoms with Crippen molar-refractivity contribution in [2.24, 2.45) is 16.7 Å². The molecule has 1 unspecified atom stereocenters. The zero-order chi connectivity index (χ0) is 12.3. The van der Waals surface area contributed by atoms with Crippen LogP contribution in [0.3, 0.4) is 0 Å². The maximum atomic E-state index is 10.8. The van der Waals surface area contributed by atoms with Crippen LogP contribution >= 0.6 is 0 Å². The number of carboxylic acid groups (broad SMARTS) is 1. The van der Waals surface area contributed by atoms with Crippen LogP contribution in [0.1, 0.15) is 47.5 Å². The Morgan fingerprint density at radius 2 is 1.67 bits per heavy atom. The largest absolute Gasteiger partial charge is 0.481 e. The van der Waals surface area contributed by atoms with Crippen molar-refractivity contribution in [3.05, 3.63) is 0 Å². The fourth-order valence-electron chi connectivity index (χ4n) is 2.34. The molecule has 1 atom stereocenters. The predicted octanol–water partition coefficient (Wildman–Crippen LogP) is 2.53. The quantitative estimate of drug-likeness (QED) is 0.717. The van der Waals surface area contributed by atoms with Crippen LogP contribution in [0.4, 0.5) is 0 Å². The van der Waals surface area contributed by atoms with Crippen molar-refractivity contribution in [2.75, 3.05) is 6.61 Å². The third-order valence-corrected chi connectivity index (χ3v) is 2.67. The van der Waals surface area contributed by atoms with Crippen LogP contribution in [-0.4, -0.2) is 22.8 Å². The van der Waals surface area contributed by atoms with E-state index in [0.29, 0.717) is 6.42 Å². The van der Waals surface area contributed by atoms with Gasteiger partial charge in [0.05, 0.1) is 5.92 Å². The van der Waals surface area contributed by atoms with Crippen molar-refractivity contribution in [3.8, 4) is 0 Å². The molecular formula is C12H24O3. The minimum atomic E-state index is -0.745. The van der Waals surface area contributed by atoms with Crippen LogP contribution in [0.5, 0.6) is 0 Å². The maximum Gasteiger partial charge on any atom is 0.306 e. The highest BCUT2D eigenvalue weighted by Crippen LogP contribution is 2.37. The highest BCUT2D eigenvalue weighted by molar-refractivity contribution is 5.69. The summed E-state index contributed by atoms with van der Waals surface area (Å²) in [6, 6.07) is 0. The molecule has 0 aromatic carbocycles. The van der Waals surface area contributed by atoms with Gasteiger partial charge in [0.2, 0.25) is 0 Å². The van der Waals surface area contributed by atoms with Crippen molar-refractivity contribution >= 4 is 5.97 Å². The molecule has 3 nitrogen and oxygen atoms in total. The minimum absolute atomic E-state index is 0.0516. The molecule has 0 spiro atoms. The van der Waals surface area contributed by atoms with Gasteiger partial charge < -0.3 is 10.2 Å². The number of aliphatic carboxylic acids is 1. The Bertz CT molecular complexity index is 219. The monoisotopic (exact) mass is 216 g/mol. The molecule has 0 saturated heterocycles. The topological polar surface area (TPSA) is 57.5 Å². The first-order valence-corrected chi connectivity index (χ1v) is 5.43. The predicted molar refractivity (Wildman–Crippen MR) is 60.7 cm³/mol. The van der Waals surface area contributed by atoms with E-state index in [1.807, 2.05) is 13.8 Å². The van der Waals surface area contributed by atoms with Gasteiger partial charge in [0.15, 0.2) is 0 Å². The number of hydrogen-bond donors (Lipinski definition) is 2. The number of hydrogen-bond acceptors (Lipinski definition) is 2. The molecule has 0 aromatic rings. The second-order valence-corrected chi connectivity index (χ2v) is 6.11. The normalized spacial score (nSPS) is 15.1. The van der Waals surface area contributed by atoms with E-state index < -0.39 is 5.97 Å². The van der Waals surface area contributed by atoms with Gasteiger partial charge in [-0.1, -0.05) is 34.6 Å².